The molecule has 2 aliphatic rings. The fourth-order valence-electron chi connectivity index (χ4n) is 4.45. The van der Waals surface area contributed by atoms with Gasteiger partial charge in [0.05, 0.1) is 11.5 Å². The van der Waals surface area contributed by atoms with E-state index in [1.807, 2.05) is 6.26 Å². The molecule has 2 aromatic rings. The summed E-state index contributed by atoms with van der Waals surface area (Å²) >= 11 is 1.31. The van der Waals surface area contributed by atoms with Gasteiger partial charge in [-0.25, -0.2) is 22.0 Å². The van der Waals surface area contributed by atoms with Crippen molar-refractivity contribution in [1.82, 2.24) is 4.90 Å². The molecule has 0 radical (unpaired) electrons. The van der Waals surface area contributed by atoms with Crippen LogP contribution in [0.4, 0.5) is 17.6 Å². The summed E-state index contributed by atoms with van der Waals surface area (Å²) in [4.78, 5) is 14.5. The molecule has 0 N–H and O–H groups in total. The van der Waals surface area contributed by atoms with Crippen LogP contribution in [0.25, 0.3) is 11.1 Å². The lowest BCUT2D eigenvalue weighted by Gasteiger charge is -2.31. The monoisotopic (exact) mass is 450 g/mol. The van der Waals surface area contributed by atoms with Gasteiger partial charge in [0, 0.05) is 31.5 Å². The van der Waals surface area contributed by atoms with E-state index in [1.165, 1.54) is 35.0 Å². The molecule has 1 saturated carbocycles. The Bertz CT molecular complexity index is 993. The van der Waals surface area contributed by atoms with Gasteiger partial charge in [-0.15, -0.1) is 0 Å². The van der Waals surface area contributed by atoms with E-state index in [0.717, 1.165) is 25.0 Å². The van der Waals surface area contributed by atoms with Gasteiger partial charge in [-0.05, 0) is 48.0 Å². The van der Waals surface area contributed by atoms with Crippen molar-refractivity contribution in [3.63, 3.8) is 0 Å². The van der Waals surface area contributed by atoms with Crippen LogP contribution in [0.2, 0.25) is 0 Å². The number of carbonyl (C=O) groups is 1. The van der Waals surface area contributed by atoms with Gasteiger partial charge in [-0.3, -0.25) is 4.79 Å². The number of carbonyl (C=O) groups excluding carboxylic acids is 1. The summed E-state index contributed by atoms with van der Waals surface area (Å²) < 4.78 is 62.6. The number of halogens is 4. The van der Waals surface area contributed by atoms with Gasteiger partial charge >= 0.3 is 0 Å². The molecule has 0 aromatic heterocycles. The van der Waals surface area contributed by atoms with Crippen LogP contribution in [0.1, 0.15) is 24.3 Å². The van der Waals surface area contributed by atoms with Crippen molar-refractivity contribution < 1.29 is 22.4 Å². The molecule has 3 atom stereocenters. The average Bonchev–Trinajstić information content (AvgIpc) is 3.33. The van der Waals surface area contributed by atoms with E-state index >= 15 is 0 Å². The van der Waals surface area contributed by atoms with Crippen LogP contribution in [0.15, 0.2) is 46.9 Å². The Kier molecular flexibility index (Phi) is 6.10. The van der Waals surface area contributed by atoms with Gasteiger partial charge in [0.2, 0.25) is 5.91 Å². The number of hydrogen-bond acceptors (Lipinski definition) is 3. The van der Waals surface area contributed by atoms with Crippen molar-refractivity contribution in [1.29, 1.82) is 0 Å². The molecule has 2 aromatic carbocycles. The highest BCUT2D eigenvalue weighted by molar-refractivity contribution is 7.97. The van der Waals surface area contributed by atoms with E-state index in [9.17, 15) is 22.4 Å². The molecule has 2 fully saturated rings. The van der Waals surface area contributed by atoms with Crippen molar-refractivity contribution in [2.45, 2.75) is 24.7 Å². The topological polar surface area (TPSA) is 32.7 Å². The van der Waals surface area contributed by atoms with Gasteiger partial charge < -0.3 is 4.90 Å². The van der Waals surface area contributed by atoms with Crippen molar-refractivity contribution in [3.05, 3.63) is 59.7 Å². The van der Waals surface area contributed by atoms with Crippen LogP contribution in [-0.2, 0) is 4.79 Å². The second-order valence-corrected chi connectivity index (χ2v) is 8.51. The predicted octanol–water partition coefficient (Wildman–Crippen LogP) is 5.57. The molecule has 31 heavy (non-hydrogen) atoms. The first-order valence-electron chi connectivity index (χ1n) is 10.1. The van der Waals surface area contributed by atoms with Crippen LogP contribution in [0.3, 0.4) is 0 Å². The molecular formula is C23H22F4N2OS. The van der Waals surface area contributed by atoms with E-state index in [1.54, 1.807) is 18.3 Å². The quantitative estimate of drug-likeness (QED) is 0.339. The lowest BCUT2D eigenvalue weighted by molar-refractivity contribution is -0.136. The van der Waals surface area contributed by atoms with E-state index < -0.39 is 35.3 Å². The van der Waals surface area contributed by atoms with Crippen LogP contribution < -0.4 is 0 Å². The fraction of sp³-hybridized carbons (Fsp3) is 0.391. The summed E-state index contributed by atoms with van der Waals surface area (Å²) in [6.07, 6.45) is 5.17. The molecule has 3 unspecified atom stereocenters. The summed E-state index contributed by atoms with van der Waals surface area (Å²) in [5.41, 5.74) is -0.202. The maximum atomic E-state index is 14.9. The normalized spacial score (nSPS) is 25.1. The van der Waals surface area contributed by atoms with Gasteiger partial charge in [0.25, 0.3) is 5.92 Å². The number of alkyl halides is 2. The SMILES string of the molecule is CS/N=C/C1CCCN(C(=O)C2C(c3ccccc3-c3c(F)cccc3F)C2(F)F)C1. The number of amides is 1. The zero-order valence-corrected chi connectivity index (χ0v) is 17.7. The molecule has 0 spiro atoms. The zero-order chi connectivity index (χ0) is 22.2. The molecular weight excluding hydrogens is 428 g/mol. The molecule has 0 bridgehead atoms. The second-order valence-electron chi connectivity index (χ2n) is 7.94. The van der Waals surface area contributed by atoms with Crippen LogP contribution in [-0.4, -0.2) is 42.3 Å². The van der Waals surface area contributed by atoms with E-state index in [-0.39, 0.29) is 22.6 Å². The highest BCUT2D eigenvalue weighted by Crippen LogP contribution is 2.63. The van der Waals surface area contributed by atoms with Crippen LogP contribution >= 0.6 is 11.9 Å². The van der Waals surface area contributed by atoms with Crippen molar-refractivity contribution in [2.75, 3.05) is 19.3 Å². The minimum absolute atomic E-state index is 0.0377. The summed E-state index contributed by atoms with van der Waals surface area (Å²) in [7, 11) is 0. The van der Waals surface area contributed by atoms with E-state index in [2.05, 4.69) is 4.40 Å². The van der Waals surface area contributed by atoms with Crippen molar-refractivity contribution >= 4 is 24.1 Å². The third-order valence-corrected chi connectivity index (χ3v) is 6.33. The number of piperidine rings is 1. The van der Waals surface area contributed by atoms with Crippen molar-refractivity contribution in [3.8, 4) is 11.1 Å². The van der Waals surface area contributed by atoms with E-state index in [4.69, 9.17) is 0 Å². The van der Waals surface area contributed by atoms with Crippen molar-refractivity contribution in [2.24, 2.45) is 16.2 Å². The Morgan fingerprint density at radius 1 is 1.16 bits per heavy atom. The van der Waals surface area contributed by atoms with Gasteiger partial charge in [-0.2, -0.15) is 0 Å². The zero-order valence-electron chi connectivity index (χ0n) is 16.9. The largest absolute Gasteiger partial charge is 0.342 e. The first-order chi connectivity index (χ1) is 14.9. The minimum Gasteiger partial charge on any atom is -0.342 e. The molecule has 1 saturated heterocycles. The number of hydrogen-bond donors (Lipinski definition) is 0. The highest BCUT2D eigenvalue weighted by atomic mass is 32.2. The smallest absolute Gasteiger partial charge is 0.268 e. The Labute approximate surface area is 182 Å². The maximum Gasteiger partial charge on any atom is 0.268 e. The molecule has 1 aliphatic heterocycles. The summed E-state index contributed by atoms with van der Waals surface area (Å²) in [5.74, 6) is -8.43. The van der Waals surface area contributed by atoms with Gasteiger partial charge in [0.1, 0.15) is 17.6 Å². The molecule has 8 heteroatoms. The lowest BCUT2D eigenvalue weighted by atomic mass is 9.94. The minimum atomic E-state index is -3.27. The van der Waals surface area contributed by atoms with Crippen LogP contribution in [0, 0.1) is 23.5 Å². The number of benzene rings is 2. The Morgan fingerprint density at radius 3 is 2.58 bits per heavy atom. The first kappa shape index (κ1) is 21.9. The molecule has 4 rings (SSSR count). The molecule has 164 valence electrons. The lowest BCUT2D eigenvalue weighted by Crippen LogP contribution is -2.42. The molecule has 3 nitrogen and oxygen atoms in total. The average molecular weight is 451 g/mol. The molecule has 1 aliphatic carbocycles. The summed E-state index contributed by atoms with van der Waals surface area (Å²) in [6.45, 7) is 0.775. The van der Waals surface area contributed by atoms with Crippen LogP contribution in [0.5, 0.6) is 0 Å². The maximum absolute atomic E-state index is 14.9. The number of rotatable bonds is 5. The Balaban J connectivity index is 1.62. The standard InChI is InChI=1S/C23H22F4N2OS/c1-31-28-12-14-6-5-11-29(13-14)22(30)21-20(23(21,26)27)16-8-3-2-7-15(16)19-17(24)9-4-10-18(19)25/h2-4,7-10,12,14,20-21H,5-6,11,13H2,1H3/b28-12+. The fourth-order valence-corrected chi connectivity index (χ4v) is 4.74. The second kappa shape index (κ2) is 8.65. The summed E-state index contributed by atoms with van der Waals surface area (Å²) in [6, 6.07) is 9.34. The predicted molar refractivity (Wildman–Crippen MR) is 114 cm³/mol. The molecule has 1 amide bonds. The van der Waals surface area contributed by atoms with Gasteiger partial charge in [0.15, 0.2) is 0 Å². The summed E-state index contributed by atoms with van der Waals surface area (Å²) in [5, 5.41) is 0. The molecule has 1 heterocycles. The highest BCUT2D eigenvalue weighted by Gasteiger charge is 2.73. The van der Waals surface area contributed by atoms with E-state index in [0.29, 0.717) is 13.1 Å². The number of likely N-dealkylation sites (tertiary alicyclic amines) is 1. The Morgan fingerprint density at radius 2 is 1.87 bits per heavy atom. The first-order valence-corrected chi connectivity index (χ1v) is 11.3. The third kappa shape index (κ3) is 4.10. The number of nitrogens with zero attached hydrogens (tertiary/aromatic N) is 2. The van der Waals surface area contributed by atoms with Gasteiger partial charge in [-0.1, -0.05) is 30.3 Å². The Hall–Kier alpha value is -2.35. The third-order valence-electron chi connectivity index (χ3n) is 5.99.